The first-order chi connectivity index (χ1) is 4.43. The SMILES string of the molecule is CCCc1[c]ncnn1. The zero-order valence-electron chi connectivity index (χ0n) is 5.33. The second-order valence-electron chi connectivity index (χ2n) is 1.77. The van der Waals surface area contributed by atoms with E-state index in [1.54, 1.807) is 0 Å². The average molecular weight is 122 g/mol. The van der Waals surface area contributed by atoms with Crippen LogP contribution < -0.4 is 0 Å². The predicted molar refractivity (Wildman–Crippen MR) is 32.7 cm³/mol. The molecule has 0 bridgehead atoms. The monoisotopic (exact) mass is 122 g/mol. The Bertz CT molecular complexity index is 161. The zero-order valence-corrected chi connectivity index (χ0v) is 5.33. The number of aromatic nitrogens is 3. The molecule has 1 rings (SSSR count). The number of hydrogen-bond acceptors (Lipinski definition) is 3. The lowest BCUT2D eigenvalue weighted by Crippen LogP contribution is -1.92. The van der Waals surface area contributed by atoms with Crippen LogP contribution >= 0.6 is 0 Å². The summed E-state index contributed by atoms with van der Waals surface area (Å²) in [4.78, 5) is 3.70. The molecule has 1 heterocycles. The quantitative estimate of drug-likeness (QED) is 0.577. The molecule has 0 saturated heterocycles. The summed E-state index contributed by atoms with van der Waals surface area (Å²) in [5.74, 6) is 0. The van der Waals surface area contributed by atoms with Crippen molar-refractivity contribution < 1.29 is 0 Å². The van der Waals surface area contributed by atoms with Gasteiger partial charge in [-0.05, 0) is 6.42 Å². The van der Waals surface area contributed by atoms with E-state index in [9.17, 15) is 0 Å². The van der Waals surface area contributed by atoms with Gasteiger partial charge in [-0.3, -0.25) is 0 Å². The normalized spacial score (nSPS) is 9.44. The van der Waals surface area contributed by atoms with E-state index in [2.05, 4.69) is 28.3 Å². The van der Waals surface area contributed by atoms with Crippen LogP contribution in [-0.4, -0.2) is 15.2 Å². The van der Waals surface area contributed by atoms with E-state index in [1.165, 1.54) is 6.33 Å². The van der Waals surface area contributed by atoms with Crippen molar-refractivity contribution in [2.45, 2.75) is 19.8 Å². The molecule has 0 fully saturated rings. The Labute approximate surface area is 54.2 Å². The molecule has 47 valence electrons. The van der Waals surface area contributed by atoms with E-state index < -0.39 is 0 Å². The summed E-state index contributed by atoms with van der Waals surface area (Å²) in [5.41, 5.74) is 0.847. The van der Waals surface area contributed by atoms with Crippen LogP contribution in [0.5, 0.6) is 0 Å². The molecule has 3 nitrogen and oxygen atoms in total. The Balaban J connectivity index is 2.61. The molecule has 0 atom stereocenters. The molecule has 9 heavy (non-hydrogen) atoms. The van der Waals surface area contributed by atoms with Crippen LogP contribution in [0.3, 0.4) is 0 Å². The number of aryl methyl sites for hydroxylation is 1. The number of nitrogens with zero attached hydrogens (tertiary/aromatic N) is 3. The molecule has 0 N–H and O–H groups in total. The maximum Gasteiger partial charge on any atom is 0.138 e. The van der Waals surface area contributed by atoms with Gasteiger partial charge in [-0.15, -0.1) is 5.10 Å². The number of rotatable bonds is 2. The van der Waals surface area contributed by atoms with Gasteiger partial charge in [-0.25, -0.2) is 4.98 Å². The lowest BCUT2D eigenvalue weighted by atomic mass is 10.3. The van der Waals surface area contributed by atoms with Crippen molar-refractivity contribution in [1.82, 2.24) is 15.2 Å². The van der Waals surface area contributed by atoms with Crippen LogP contribution in [0, 0.1) is 6.20 Å². The molecular weight excluding hydrogens is 114 g/mol. The van der Waals surface area contributed by atoms with Gasteiger partial charge in [-0.1, -0.05) is 13.3 Å². The highest BCUT2D eigenvalue weighted by molar-refractivity contribution is 4.87. The lowest BCUT2D eigenvalue weighted by molar-refractivity contribution is 0.812. The van der Waals surface area contributed by atoms with Gasteiger partial charge in [0.15, 0.2) is 0 Å². The van der Waals surface area contributed by atoms with E-state index in [-0.39, 0.29) is 0 Å². The highest BCUT2D eigenvalue weighted by atomic mass is 15.1. The van der Waals surface area contributed by atoms with Crippen molar-refractivity contribution in [3.8, 4) is 0 Å². The molecule has 0 amide bonds. The first-order valence-electron chi connectivity index (χ1n) is 2.97. The van der Waals surface area contributed by atoms with E-state index in [0.29, 0.717) is 0 Å². The molecule has 0 saturated carbocycles. The Kier molecular flexibility index (Phi) is 2.13. The van der Waals surface area contributed by atoms with Gasteiger partial charge < -0.3 is 0 Å². The molecule has 0 aliphatic carbocycles. The van der Waals surface area contributed by atoms with Crippen molar-refractivity contribution in [2.75, 3.05) is 0 Å². The Hall–Kier alpha value is -0.990. The van der Waals surface area contributed by atoms with Gasteiger partial charge in [0.1, 0.15) is 12.5 Å². The van der Waals surface area contributed by atoms with E-state index in [0.717, 1.165) is 18.5 Å². The number of hydrogen-bond donors (Lipinski definition) is 0. The highest BCUT2D eigenvalue weighted by Gasteiger charge is 1.89. The van der Waals surface area contributed by atoms with Gasteiger partial charge in [0, 0.05) is 0 Å². The summed E-state index contributed by atoms with van der Waals surface area (Å²) in [5, 5.41) is 7.41. The van der Waals surface area contributed by atoms with Crippen molar-refractivity contribution >= 4 is 0 Å². The van der Waals surface area contributed by atoms with Gasteiger partial charge in [0.2, 0.25) is 0 Å². The second kappa shape index (κ2) is 3.12. The summed E-state index contributed by atoms with van der Waals surface area (Å²) in [6, 6.07) is 0. The lowest BCUT2D eigenvalue weighted by Gasteiger charge is -1.89. The smallest absolute Gasteiger partial charge is 0.138 e. The highest BCUT2D eigenvalue weighted by Crippen LogP contribution is 1.91. The van der Waals surface area contributed by atoms with Gasteiger partial charge in [0.05, 0.1) is 5.69 Å². The standard InChI is InChI=1S/C6H8N3/c1-2-3-6-4-7-5-8-9-6/h5H,2-3H2,1H3. The summed E-state index contributed by atoms with van der Waals surface area (Å²) < 4.78 is 0. The molecule has 0 spiro atoms. The summed E-state index contributed by atoms with van der Waals surface area (Å²) in [6.45, 7) is 2.09. The maximum absolute atomic E-state index is 3.80. The van der Waals surface area contributed by atoms with Crippen LogP contribution in [0.25, 0.3) is 0 Å². The molecule has 3 heteroatoms. The average Bonchev–Trinajstić information content (AvgIpc) is 1.91. The molecule has 1 radical (unpaired) electrons. The summed E-state index contributed by atoms with van der Waals surface area (Å²) in [6.07, 6.45) is 6.12. The summed E-state index contributed by atoms with van der Waals surface area (Å²) >= 11 is 0. The topological polar surface area (TPSA) is 38.7 Å². The first kappa shape index (κ1) is 6.13. The van der Waals surface area contributed by atoms with Crippen molar-refractivity contribution in [1.29, 1.82) is 0 Å². The molecule has 1 aromatic heterocycles. The van der Waals surface area contributed by atoms with E-state index in [4.69, 9.17) is 0 Å². The van der Waals surface area contributed by atoms with Crippen LogP contribution in [0.15, 0.2) is 6.33 Å². The predicted octanol–water partition coefficient (Wildman–Crippen LogP) is 0.624. The summed E-state index contributed by atoms with van der Waals surface area (Å²) in [7, 11) is 0. The fourth-order valence-corrected chi connectivity index (χ4v) is 0.590. The van der Waals surface area contributed by atoms with Crippen LogP contribution in [0.2, 0.25) is 0 Å². The molecule has 1 aromatic rings. The second-order valence-corrected chi connectivity index (χ2v) is 1.77. The van der Waals surface area contributed by atoms with Gasteiger partial charge in [0.25, 0.3) is 0 Å². The third kappa shape index (κ3) is 1.76. The zero-order chi connectivity index (χ0) is 6.53. The van der Waals surface area contributed by atoms with Gasteiger partial charge in [-0.2, -0.15) is 5.10 Å². The third-order valence-electron chi connectivity index (χ3n) is 0.968. The largest absolute Gasteiger partial charge is 0.231 e. The van der Waals surface area contributed by atoms with E-state index >= 15 is 0 Å². The van der Waals surface area contributed by atoms with Crippen molar-refractivity contribution in [3.05, 3.63) is 18.2 Å². The molecule has 0 aromatic carbocycles. The molecular formula is C6H8N3. The Morgan fingerprint density at radius 2 is 2.56 bits per heavy atom. The maximum atomic E-state index is 3.80. The van der Waals surface area contributed by atoms with Crippen LogP contribution in [-0.2, 0) is 6.42 Å². The fourth-order valence-electron chi connectivity index (χ4n) is 0.590. The Morgan fingerprint density at radius 3 is 3.11 bits per heavy atom. The van der Waals surface area contributed by atoms with Crippen molar-refractivity contribution in [3.63, 3.8) is 0 Å². The minimum Gasteiger partial charge on any atom is -0.231 e. The van der Waals surface area contributed by atoms with Crippen molar-refractivity contribution in [2.24, 2.45) is 0 Å². The molecule has 0 unspecified atom stereocenters. The molecule has 0 aliphatic heterocycles. The van der Waals surface area contributed by atoms with Crippen LogP contribution in [0.1, 0.15) is 19.0 Å². The minimum atomic E-state index is 0.847. The molecule has 0 aliphatic rings. The fraction of sp³-hybridized carbons (Fsp3) is 0.500. The van der Waals surface area contributed by atoms with E-state index in [1.807, 2.05) is 0 Å². The third-order valence-corrected chi connectivity index (χ3v) is 0.968. The van der Waals surface area contributed by atoms with Crippen LogP contribution in [0.4, 0.5) is 0 Å². The Morgan fingerprint density at radius 1 is 1.67 bits per heavy atom. The minimum absolute atomic E-state index is 0.847. The first-order valence-corrected chi connectivity index (χ1v) is 2.97. The van der Waals surface area contributed by atoms with Gasteiger partial charge >= 0.3 is 0 Å².